The van der Waals surface area contributed by atoms with Gasteiger partial charge < -0.3 is 9.47 Å². The Labute approximate surface area is 225 Å². The standard InChI is InChI=1S/C29H20BrNO7/c1-2-37-28(36)16-6-5-7-18(14-16)31-26(34)21-22(27(31)35)29(38-23(21)15-10-12-17(30)13-11-15)24(32)19-8-3-4-9-20(19)25(29)33/h3-14,21-23H,2H2,1H3. The van der Waals surface area contributed by atoms with Crippen LogP contribution in [0.2, 0.25) is 0 Å². The lowest BCUT2D eigenvalue weighted by molar-refractivity contribution is -0.127. The van der Waals surface area contributed by atoms with Crippen molar-refractivity contribution in [2.24, 2.45) is 11.8 Å². The molecule has 2 amide bonds. The van der Waals surface area contributed by atoms with Gasteiger partial charge in [-0.05, 0) is 42.8 Å². The number of hydrogen-bond donors (Lipinski definition) is 0. The number of Topliss-reactive ketones (excluding diaryl/α,β-unsaturated/α-hetero) is 2. The van der Waals surface area contributed by atoms with E-state index < -0.39 is 52.9 Å². The van der Waals surface area contributed by atoms with Gasteiger partial charge in [-0.25, -0.2) is 9.69 Å². The van der Waals surface area contributed by atoms with Crippen LogP contribution in [0.1, 0.15) is 49.7 Å². The Morgan fingerprint density at radius 1 is 0.921 bits per heavy atom. The second kappa shape index (κ2) is 8.82. The summed E-state index contributed by atoms with van der Waals surface area (Å²) in [5, 5.41) is 0. The van der Waals surface area contributed by atoms with Gasteiger partial charge in [0, 0.05) is 15.6 Å². The fourth-order valence-electron chi connectivity index (χ4n) is 5.71. The maximum Gasteiger partial charge on any atom is 0.338 e. The summed E-state index contributed by atoms with van der Waals surface area (Å²) >= 11 is 3.38. The molecule has 3 aromatic rings. The van der Waals surface area contributed by atoms with E-state index in [0.29, 0.717) is 5.56 Å². The van der Waals surface area contributed by atoms with E-state index >= 15 is 0 Å². The van der Waals surface area contributed by atoms with Gasteiger partial charge in [-0.15, -0.1) is 0 Å². The molecule has 2 heterocycles. The Morgan fingerprint density at radius 2 is 1.58 bits per heavy atom. The molecule has 0 bridgehead atoms. The Bertz CT molecular complexity index is 1510. The van der Waals surface area contributed by atoms with Gasteiger partial charge in [0.15, 0.2) is 0 Å². The van der Waals surface area contributed by atoms with Gasteiger partial charge in [0.2, 0.25) is 29.0 Å². The summed E-state index contributed by atoms with van der Waals surface area (Å²) in [6.07, 6.45) is -1.02. The number of nitrogens with zero attached hydrogens (tertiary/aromatic N) is 1. The number of carbonyl (C=O) groups is 5. The number of rotatable bonds is 4. The zero-order valence-electron chi connectivity index (χ0n) is 20.1. The largest absolute Gasteiger partial charge is 0.462 e. The van der Waals surface area contributed by atoms with E-state index in [2.05, 4.69) is 15.9 Å². The summed E-state index contributed by atoms with van der Waals surface area (Å²) < 4.78 is 12.1. The highest BCUT2D eigenvalue weighted by Gasteiger charge is 2.74. The second-order valence-corrected chi connectivity index (χ2v) is 10.2. The summed E-state index contributed by atoms with van der Waals surface area (Å²) in [5.74, 6) is -5.69. The third kappa shape index (κ3) is 3.28. The predicted molar refractivity (Wildman–Crippen MR) is 138 cm³/mol. The predicted octanol–water partition coefficient (Wildman–Crippen LogP) is 4.32. The average molecular weight is 574 g/mol. The minimum absolute atomic E-state index is 0.153. The normalized spacial score (nSPS) is 23.2. The van der Waals surface area contributed by atoms with Crippen LogP contribution in [0.3, 0.4) is 0 Å². The number of ether oxygens (including phenoxy) is 2. The fraction of sp³-hybridized carbons (Fsp3) is 0.207. The number of anilines is 1. The lowest BCUT2D eigenvalue weighted by Crippen LogP contribution is -2.51. The summed E-state index contributed by atoms with van der Waals surface area (Å²) in [6.45, 7) is 1.83. The van der Waals surface area contributed by atoms with Crippen LogP contribution in [0.4, 0.5) is 5.69 Å². The highest BCUT2D eigenvalue weighted by atomic mass is 79.9. The molecule has 1 aliphatic carbocycles. The molecule has 3 unspecified atom stereocenters. The van der Waals surface area contributed by atoms with E-state index in [1.165, 1.54) is 36.4 Å². The third-order valence-corrected chi connectivity index (χ3v) is 7.86. The maximum atomic E-state index is 14.0. The summed E-state index contributed by atoms with van der Waals surface area (Å²) in [4.78, 5) is 68.9. The zero-order chi connectivity index (χ0) is 26.8. The number of benzene rings is 3. The molecular weight excluding hydrogens is 554 g/mol. The molecule has 6 rings (SSSR count). The molecule has 38 heavy (non-hydrogen) atoms. The zero-order valence-corrected chi connectivity index (χ0v) is 21.6. The monoisotopic (exact) mass is 573 g/mol. The van der Waals surface area contributed by atoms with Crippen LogP contribution in [-0.4, -0.2) is 41.6 Å². The fourth-order valence-corrected chi connectivity index (χ4v) is 5.98. The van der Waals surface area contributed by atoms with Crippen LogP contribution in [0.25, 0.3) is 0 Å². The Hall–Kier alpha value is -3.95. The SMILES string of the molecule is CCOC(=O)c1cccc(N2C(=O)C3C(c4ccc(Br)cc4)OC4(C(=O)c5ccccc5C4=O)C3C2=O)c1. The van der Waals surface area contributed by atoms with Crippen LogP contribution in [0, 0.1) is 11.8 Å². The van der Waals surface area contributed by atoms with Crippen LogP contribution in [-0.2, 0) is 19.1 Å². The molecule has 0 saturated carbocycles. The van der Waals surface area contributed by atoms with E-state index in [1.54, 1.807) is 43.3 Å². The lowest BCUT2D eigenvalue weighted by Gasteiger charge is -2.27. The number of fused-ring (bicyclic) bond motifs is 3. The van der Waals surface area contributed by atoms with Gasteiger partial charge in [-0.2, -0.15) is 0 Å². The number of carbonyl (C=O) groups excluding carboxylic acids is 5. The summed E-state index contributed by atoms with van der Waals surface area (Å²) in [6, 6.07) is 19.3. The van der Waals surface area contributed by atoms with Crippen molar-refractivity contribution >= 4 is 51.0 Å². The number of hydrogen-bond acceptors (Lipinski definition) is 7. The topological polar surface area (TPSA) is 107 Å². The molecule has 3 atom stereocenters. The van der Waals surface area contributed by atoms with Crippen molar-refractivity contribution in [1.29, 1.82) is 0 Å². The molecule has 0 aromatic heterocycles. The molecule has 2 aliphatic heterocycles. The minimum atomic E-state index is -2.16. The van der Waals surface area contributed by atoms with E-state index in [1.807, 2.05) is 0 Å². The van der Waals surface area contributed by atoms with Crippen molar-refractivity contribution < 1.29 is 33.4 Å². The van der Waals surface area contributed by atoms with Crippen molar-refractivity contribution in [3.63, 3.8) is 0 Å². The first-order valence-corrected chi connectivity index (χ1v) is 12.9. The van der Waals surface area contributed by atoms with Gasteiger partial charge in [0.25, 0.3) is 0 Å². The van der Waals surface area contributed by atoms with Crippen LogP contribution in [0.5, 0.6) is 0 Å². The van der Waals surface area contributed by atoms with Gasteiger partial charge in [-0.3, -0.25) is 19.2 Å². The molecule has 2 fully saturated rings. The quantitative estimate of drug-likeness (QED) is 0.260. The minimum Gasteiger partial charge on any atom is -0.462 e. The van der Waals surface area contributed by atoms with Crippen molar-refractivity contribution in [2.45, 2.75) is 18.6 Å². The molecule has 3 aliphatic rings. The van der Waals surface area contributed by atoms with Crippen molar-refractivity contribution in [3.8, 4) is 0 Å². The lowest BCUT2D eigenvalue weighted by atomic mass is 9.77. The molecule has 0 N–H and O–H groups in total. The molecule has 2 saturated heterocycles. The first-order valence-electron chi connectivity index (χ1n) is 12.1. The molecule has 9 heteroatoms. The Balaban J connectivity index is 1.50. The van der Waals surface area contributed by atoms with Gasteiger partial charge >= 0.3 is 5.97 Å². The van der Waals surface area contributed by atoms with Crippen LogP contribution in [0.15, 0.2) is 77.3 Å². The molecular formula is C29H20BrNO7. The van der Waals surface area contributed by atoms with E-state index in [9.17, 15) is 24.0 Å². The van der Waals surface area contributed by atoms with Crippen LogP contribution < -0.4 is 4.90 Å². The Kier molecular flexibility index (Phi) is 5.66. The third-order valence-electron chi connectivity index (χ3n) is 7.33. The van der Waals surface area contributed by atoms with Crippen molar-refractivity contribution in [1.82, 2.24) is 0 Å². The first kappa shape index (κ1) is 24.4. The van der Waals surface area contributed by atoms with E-state index in [0.717, 1.165) is 9.37 Å². The van der Waals surface area contributed by atoms with Crippen molar-refractivity contribution in [2.75, 3.05) is 11.5 Å². The summed E-state index contributed by atoms with van der Waals surface area (Å²) in [7, 11) is 0. The number of halogens is 1. The van der Waals surface area contributed by atoms with Crippen LogP contribution >= 0.6 is 15.9 Å². The smallest absolute Gasteiger partial charge is 0.338 e. The average Bonchev–Trinajstić information content (AvgIpc) is 3.49. The molecule has 1 spiro atoms. The number of imide groups is 1. The van der Waals surface area contributed by atoms with Crippen molar-refractivity contribution in [3.05, 3.63) is 99.5 Å². The number of ketones is 2. The van der Waals surface area contributed by atoms with Gasteiger partial charge in [-0.1, -0.05) is 58.4 Å². The molecule has 0 radical (unpaired) electrons. The molecule has 3 aromatic carbocycles. The Morgan fingerprint density at radius 3 is 2.21 bits per heavy atom. The number of amides is 2. The van der Waals surface area contributed by atoms with Gasteiger partial charge in [0.1, 0.15) is 0 Å². The molecule has 190 valence electrons. The highest BCUT2D eigenvalue weighted by molar-refractivity contribution is 9.10. The van der Waals surface area contributed by atoms with Gasteiger partial charge in [0.05, 0.1) is 35.8 Å². The van der Waals surface area contributed by atoms with E-state index in [4.69, 9.17) is 9.47 Å². The molecule has 8 nitrogen and oxygen atoms in total. The highest BCUT2D eigenvalue weighted by Crippen LogP contribution is 2.57. The number of esters is 1. The summed E-state index contributed by atoms with van der Waals surface area (Å²) in [5.41, 5.74) is -0.962. The van der Waals surface area contributed by atoms with E-state index in [-0.39, 0.29) is 29.0 Å². The second-order valence-electron chi connectivity index (χ2n) is 9.32. The maximum absolute atomic E-state index is 14.0. The first-order chi connectivity index (χ1) is 18.3.